The Morgan fingerprint density at radius 2 is 1.86 bits per heavy atom. The van der Waals surface area contributed by atoms with E-state index in [4.69, 9.17) is 0 Å². The molecule has 0 saturated carbocycles. The quantitative estimate of drug-likeness (QED) is 0.632. The molecule has 0 bridgehead atoms. The number of ether oxygens (including phenoxy) is 1. The number of carbonyl (C=O) groups excluding carboxylic acids is 3. The van der Waals surface area contributed by atoms with Crippen LogP contribution in [-0.4, -0.2) is 42.6 Å². The summed E-state index contributed by atoms with van der Waals surface area (Å²) in [7, 11) is 1.16. The van der Waals surface area contributed by atoms with Gasteiger partial charge in [-0.2, -0.15) is 0 Å². The highest BCUT2D eigenvalue weighted by atomic mass is 16.5. The molecule has 3 N–H and O–H groups in total. The molecular weight excluding hydrogens is 276 g/mol. The predicted molar refractivity (Wildman–Crippen MR) is 75.5 cm³/mol. The number of nitrogens with one attached hydrogen (secondary N) is 2. The first kappa shape index (κ1) is 16.6. The molecule has 7 heteroatoms. The van der Waals surface area contributed by atoms with Crippen molar-refractivity contribution in [1.82, 2.24) is 5.32 Å². The molecule has 0 spiro atoms. The van der Waals surface area contributed by atoms with Crippen LogP contribution in [0.15, 0.2) is 24.3 Å². The van der Waals surface area contributed by atoms with Crippen LogP contribution < -0.4 is 10.6 Å². The zero-order valence-corrected chi connectivity index (χ0v) is 11.9. The molecule has 1 unspecified atom stereocenters. The molecule has 1 aromatic rings. The van der Waals surface area contributed by atoms with Crippen molar-refractivity contribution in [2.45, 2.75) is 19.4 Å². The third kappa shape index (κ3) is 6.05. The van der Waals surface area contributed by atoms with Crippen molar-refractivity contribution in [3.63, 3.8) is 0 Å². The third-order valence-electron chi connectivity index (χ3n) is 2.60. The molecule has 0 fully saturated rings. The summed E-state index contributed by atoms with van der Waals surface area (Å²) in [5.74, 6) is -1.29. The topological polar surface area (TPSA) is 105 Å². The minimum Gasteiger partial charge on any atom is -0.467 e. The van der Waals surface area contributed by atoms with Crippen LogP contribution in [0.5, 0.6) is 0 Å². The first-order valence-electron chi connectivity index (χ1n) is 6.31. The number of hydrogen-bond donors (Lipinski definition) is 3. The smallest absolute Gasteiger partial charge is 0.336 e. The molecule has 1 atom stereocenters. The molecule has 0 heterocycles. The summed E-state index contributed by atoms with van der Waals surface area (Å²) >= 11 is 0. The van der Waals surface area contributed by atoms with Gasteiger partial charge in [-0.25, -0.2) is 4.79 Å². The van der Waals surface area contributed by atoms with Gasteiger partial charge in [0.25, 0.3) is 0 Å². The Morgan fingerprint density at radius 3 is 2.38 bits per heavy atom. The number of benzene rings is 1. The fourth-order valence-electron chi connectivity index (χ4n) is 1.59. The highest BCUT2D eigenvalue weighted by Crippen LogP contribution is 2.09. The lowest BCUT2D eigenvalue weighted by Crippen LogP contribution is -2.37. The number of rotatable bonds is 6. The van der Waals surface area contributed by atoms with Crippen LogP contribution in [0.4, 0.5) is 5.69 Å². The standard InChI is InChI=1S/C14H18N2O5/c1-9(17)16-11-5-3-10(4-6-11)7-13(19)15-8-12(18)14(20)21-2/h3-6,12,18H,7-8H2,1-2H3,(H,15,19)(H,16,17). The maximum Gasteiger partial charge on any atom is 0.336 e. The number of carbonyl (C=O) groups is 3. The van der Waals surface area contributed by atoms with E-state index in [1.54, 1.807) is 24.3 Å². The van der Waals surface area contributed by atoms with Gasteiger partial charge in [-0.3, -0.25) is 9.59 Å². The molecular formula is C14H18N2O5. The van der Waals surface area contributed by atoms with Crippen LogP contribution in [0, 0.1) is 0 Å². The number of hydrogen-bond acceptors (Lipinski definition) is 5. The van der Waals surface area contributed by atoms with Gasteiger partial charge in [0.2, 0.25) is 11.8 Å². The normalized spacial score (nSPS) is 11.4. The van der Waals surface area contributed by atoms with E-state index < -0.39 is 12.1 Å². The average Bonchev–Trinajstić information content (AvgIpc) is 2.45. The average molecular weight is 294 g/mol. The number of anilines is 1. The van der Waals surface area contributed by atoms with Gasteiger partial charge in [0.15, 0.2) is 6.10 Å². The van der Waals surface area contributed by atoms with Crippen molar-refractivity contribution < 1.29 is 24.2 Å². The molecule has 0 aliphatic heterocycles. The van der Waals surface area contributed by atoms with Crippen LogP contribution in [0.2, 0.25) is 0 Å². The minimum absolute atomic E-state index is 0.105. The summed E-state index contributed by atoms with van der Waals surface area (Å²) in [5.41, 5.74) is 1.39. The first-order valence-corrected chi connectivity index (χ1v) is 6.31. The van der Waals surface area contributed by atoms with E-state index in [-0.39, 0.29) is 24.8 Å². The highest BCUT2D eigenvalue weighted by molar-refractivity contribution is 5.88. The second-order valence-corrected chi connectivity index (χ2v) is 4.40. The van der Waals surface area contributed by atoms with E-state index in [0.29, 0.717) is 5.69 Å². The Morgan fingerprint density at radius 1 is 1.24 bits per heavy atom. The Balaban J connectivity index is 2.44. The van der Waals surface area contributed by atoms with Gasteiger partial charge in [-0.15, -0.1) is 0 Å². The van der Waals surface area contributed by atoms with E-state index in [0.717, 1.165) is 12.7 Å². The lowest BCUT2D eigenvalue weighted by Gasteiger charge is -2.10. The second kappa shape index (κ2) is 8.01. The number of esters is 1. The molecule has 0 saturated heterocycles. The molecule has 21 heavy (non-hydrogen) atoms. The van der Waals surface area contributed by atoms with Gasteiger partial charge in [0, 0.05) is 12.6 Å². The van der Waals surface area contributed by atoms with Crippen LogP contribution in [0.3, 0.4) is 0 Å². The van der Waals surface area contributed by atoms with Crippen molar-refractivity contribution in [2.75, 3.05) is 19.0 Å². The molecule has 2 amide bonds. The molecule has 7 nitrogen and oxygen atoms in total. The lowest BCUT2D eigenvalue weighted by molar-refractivity contribution is -0.150. The molecule has 1 rings (SSSR count). The van der Waals surface area contributed by atoms with E-state index in [2.05, 4.69) is 15.4 Å². The van der Waals surface area contributed by atoms with Crippen LogP contribution >= 0.6 is 0 Å². The van der Waals surface area contributed by atoms with Crippen molar-refractivity contribution in [1.29, 1.82) is 0 Å². The molecule has 0 aliphatic carbocycles. The zero-order valence-electron chi connectivity index (χ0n) is 11.9. The van der Waals surface area contributed by atoms with Crippen molar-refractivity contribution in [3.05, 3.63) is 29.8 Å². The van der Waals surface area contributed by atoms with E-state index in [1.807, 2.05) is 0 Å². The summed E-state index contributed by atoms with van der Waals surface area (Å²) < 4.78 is 4.33. The molecule has 0 aliphatic rings. The second-order valence-electron chi connectivity index (χ2n) is 4.40. The van der Waals surface area contributed by atoms with E-state index in [1.165, 1.54) is 6.92 Å². The lowest BCUT2D eigenvalue weighted by atomic mass is 10.1. The molecule has 0 aromatic heterocycles. The Kier molecular flexibility index (Phi) is 6.35. The van der Waals surface area contributed by atoms with E-state index in [9.17, 15) is 19.5 Å². The Labute approximate surface area is 122 Å². The van der Waals surface area contributed by atoms with Crippen LogP contribution in [0.1, 0.15) is 12.5 Å². The van der Waals surface area contributed by atoms with Crippen LogP contribution in [0.25, 0.3) is 0 Å². The SMILES string of the molecule is COC(=O)C(O)CNC(=O)Cc1ccc(NC(C)=O)cc1. The molecule has 0 radical (unpaired) electrons. The Bertz CT molecular complexity index is 513. The number of aliphatic hydroxyl groups excluding tert-OH is 1. The fourth-order valence-corrected chi connectivity index (χ4v) is 1.59. The maximum atomic E-state index is 11.6. The van der Waals surface area contributed by atoms with E-state index >= 15 is 0 Å². The number of amides is 2. The third-order valence-corrected chi connectivity index (χ3v) is 2.60. The molecule has 1 aromatic carbocycles. The van der Waals surface area contributed by atoms with Crippen LogP contribution in [-0.2, 0) is 25.5 Å². The number of aliphatic hydroxyl groups is 1. The first-order chi connectivity index (χ1) is 9.92. The number of methoxy groups -OCH3 is 1. The predicted octanol–water partition coefficient (Wildman–Crippen LogP) is -0.162. The summed E-state index contributed by atoms with van der Waals surface area (Å²) in [6, 6.07) is 6.80. The van der Waals surface area contributed by atoms with Gasteiger partial charge >= 0.3 is 5.97 Å². The molecule has 114 valence electrons. The van der Waals surface area contributed by atoms with Gasteiger partial charge in [-0.05, 0) is 17.7 Å². The summed E-state index contributed by atoms with van der Waals surface area (Å²) in [5, 5.41) is 14.4. The summed E-state index contributed by atoms with van der Waals surface area (Å²) in [6.45, 7) is 1.21. The van der Waals surface area contributed by atoms with Gasteiger partial charge < -0.3 is 20.5 Å². The van der Waals surface area contributed by atoms with Gasteiger partial charge in [0.05, 0.1) is 20.1 Å². The minimum atomic E-state index is -1.37. The van der Waals surface area contributed by atoms with Gasteiger partial charge in [0.1, 0.15) is 0 Å². The fraction of sp³-hybridized carbons (Fsp3) is 0.357. The zero-order chi connectivity index (χ0) is 15.8. The summed E-state index contributed by atoms with van der Waals surface area (Å²) in [4.78, 5) is 33.5. The maximum absolute atomic E-state index is 11.6. The largest absolute Gasteiger partial charge is 0.467 e. The Hall–Kier alpha value is -2.41. The van der Waals surface area contributed by atoms with Gasteiger partial charge in [-0.1, -0.05) is 12.1 Å². The van der Waals surface area contributed by atoms with Crippen molar-refractivity contribution >= 4 is 23.5 Å². The monoisotopic (exact) mass is 294 g/mol. The van der Waals surface area contributed by atoms with Crippen molar-refractivity contribution in [2.24, 2.45) is 0 Å². The highest BCUT2D eigenvalue weighted by Gasteiger charge is 2.16. The summed E-state index contributed by atoms with van der Waals surface area (Å²) in [6.07, 6.45) is -1.27. The van der Waals surface area contributed by atoms with Crippen molar-refractivity contribution in [3.8, 4) is 0 Å².